The molecule has 29 heavy (non-hydrogen) atoms. The van der Waals surface area contributed by atoms with Gasteiger partial charge < -0.3 is 10.6 Å². The molecule has 1 fully saturated rings. The predicted octanol–water partition coefficient (Wildman–Crippen LogP) is 3.84. The molecule has 7 heteroatoms. The molecule has 0 aliphatic carbocycles. The zero-order valence-electron chi connectivity index (χ0n) is 17.3. The topological polar surface area (TPSA) is 78.5 Å². The van der Waals surface area contributed by atoms with Gasteiger partial charge in [0.1, 0.15) is 0 Å². The molecular weight excluding hydrogens is 386 g/mol. The van der Waals surface area contributed by atoms with Crippen LogP contribution in [0, 0.1) is 20.8 Å². The summed E-state index contributed by atoms with van der Waals surface area (Å²) in [5.74, 6) is -0.186. The molecule has 6 nitrogen and oxygen atoms in total. The third-order valence-electron chi connectivity index (χ3n) is 5.36. The highest BCUT2D eigenvalue weighted by Crippen LogP contribution is 2.26. The molecule has 156 valence electrons. The number of nitrogens with zero attached hydrogens (tertiary/aromatic N) is 1. The van der Waals surface area contributed by atoms with Crippen molar-refractivity contribution < 1.29 is 13.2 Å². The second kappa shape index (κ2) is 8.97. The van der Waals surface area contributed by atoms with Crippen LogP contribution in [0.15, 0.2) is 41.3 Å². The van der Waals surface area contributed by atoms with Gasteiger partial charge in [-0.3, -0.25) is 4.79 Å². The average molecular weight is 416 g/mol. The van der Waals surface area contributed by atoms with Crippen LogP contribution in [0.2, 0.25) is 0 Å². The van der Waals surface area contributed by atoms with Crippen molar-refractivity contribution in [2.75, 3.05) is 30.3 Å². The molecule has 2 aromatic rings. The number of benzene rings is 2. The molecule has 0 unspecified atom stereocenters. The maximum Gasteiger partial charge on any atom is 0.243 e. The summed E-state index contributed by atoms with van der Waals surface area (Å²) in [4.78, 5) is 12.6. The number of sulfonamides is 1. The molecule has 0 radical (unpaired) electrons. The molecule has 1 aliphatic heterocycles. The Morgan fingerprint density at radius 1 is 0.897 bits per heavy atom. The first-order valence-electron chi connectivity index (χ1n) is 9.99. The quantitative estimate of drug-likeness (QED) is 0.751. The zero-order chi connectivity index (χ0) is 21.0. The van der Waals surface area contributed by atoms with E-state index in [0.717, 1.165) is 30.5 Å². The van der Waals surface area contributed by atoms with Gasteiger partial charge in [-0.25, -0.2) is 8.42 Å². The molecule has 0 aromatic heterocycles. The first-order valence-corrected chi connectivity index (χ1v) is 11.4. The highest BCUT2D eigenvalue weighted by Gasteiger charge is 2.27. The van der Waals surface area contributed by atoms with E-state index in [2.05, 4.69) is 10.6 Å². The maximum absolute atomic E-state index is 13.0. The average Bonchev–Trinajstić information content (AvgIpc) is 2.70. The minimum absolute atomic E-state index is 0.0547. The van der Waals surface area contributed by atoms with Gasteiger partial charge in [0.2, 0.25) is 15.9 Å². The molecule has 1 heterocycles. The SMILES string of the molecule is Cc1ccc(NC(=O)CNc2ccc(C)c(S(=O)(=O)N3CCCCC3)c2)cc1C. The molecule has 1 amide bonds. The molecule has 2 N–H and O–H groups in total. The van der Waals surface area contributed by atoms with Crippen molar-refractivity contribution in [1.29, 1.82) is 0 Å². The van der Waals surface area contributed by atoms with Gasteiger partial charge in [-0.1, -0.05) is 18.6 Å². The highest BCUT2D eigenvalue weighted by atomic mass is 32.2. The van der Waals surface area contributed by atoms with Crippen molar-refractivity contribution in [1.82, 2.24) is 4.31 Å². The van der Waals surface area contributed by atoms with Gasteiger partial charge in [0.15, 0.2) is 0 Å². The number of nitrogens with one attached hydrogen (secondary N) is 2. The Hall–Kier alpha value is -2.38. The van der Waals surface area contributed by atoms with Crippen LogP contribution in [0.3, 0.4) is 0 Å². The summed E-state index contributed by atoms with van der Waals surface area (Å²) >= 11 is 0. The normalized spacial score (nSPS) is 15.1. The summed E-state index contributed by atoms with van der Waals surface area (Å²) in [5.41, 5.74) is 4.35. The lowest BCUT2D eigenvalue weighted by Gasteiger charge is -2.26. The van der Waals surface area contributed by atoms with Gasteiger partial charge in [-0.05, 0) is 74.6 Å². The summed E-state index contributed by atoms with van der Waals surface area (Å²) in [7, 11) is -3.52. The zero-order valence-corrected chi connectivity index (χ0v) is 18.1. The van der Waals surface area contributed by atoms with Gasteiger partial charge >= 0.3 is 0 Å². The second-order valence-electron chi connectivity index (χ2n) is 7.65. The summed E-state index contributed by atoms with van der Waals surface area (Å²) < 4.78 is 27.6. The Morgan fingerprint density at radius 2 is 1.55 bits per heavy atom. The van der Waals surface area contributed by atoms with Crippen molar-refractivity contribution in [3.63, 3.8) is 0 Å². The van der Waals surface area contributed by atoms with E-state index in [-0.39, 0.29) is 12.5 Å². The minimum Gasteiger partial charge on any atom is -0.376 e. The second-order valence-corrected chi connectivity index (χ2v) is 9.55. The molecule has 0 spiro atoms. The fraction of sp³-hybridized carbons (Fsp3) is 0.409. The third kappa shape index (κ3) is 5.16. The third-order valence-corrected chi connectivity index (χ3v) is 7.41. The molecule has 0 saturated carbocycles. The number of carbonyl (C=O) groups excluding carboxylic acids is 1. The Morgan fingerprint density at radius 3 is 2.24 bits per heavy atom. The summed E-state index contributed by atoms with van der Waals surface area (Å²) in [6.07, 6.45) is 2.87. The molecule has 1 saturated heterocycles. The van der Waals surface area contributed by atoms with Crippen LogP contribution in [-0.4, -0.2) is 38.3 Å². The molecule has 0 bridgehead atoms. The van der Waals surface area contributed by atoms with E-state index in [1.165, 1.54) is 5.56 Å². The van der Waals surface area contributed by atoms with Crippen LogP contribution in [0.5, 0.6) is 0 Å². The van der Waals surface area contributed by atoms with Crippen molar-refractivity contribution in [3.8, 4) is 0 Å². The number of amides is 1. The van der Waals surface area contributed by atoms with E-state index in [9.17, 15) is 13.2 Å². The van der Waals surface area contributed by atoms with E-state index >= 15 is 0 Å². The number of anilines is 2. The van der Waals surface area contributed by atoms with Crippen molar-refractivity contribution in [2.45, 2.75) is 44.9 Å². The monoisotopic (exact) mass is 415 g/mol. The minimum atomic E-state index is -3.52. The number of carbonyl (C=O) groups is 1. The summed E-state index contributed by atoms with van der Waals surface area (Å²) in [6, 6.07) is 11.0. The number of aryl methyl sites for hydroxylation is 3. The van der Waals surface area contributed by atoms with E-state index in [1.807, 2.05) is 32.0 Å². The number of hydrogen-bond acceptors (Lipinski definition) is 4. The lowest BCUT2D eigenvalue weighted by molar-refractivity contribution is -0.114. The first-order chi connectivity index (χ1) is 13.8. The molecule has 0 atom stereocenters. The molecule has 1 aliphatic rings. The fourth-order valence-corrected chi connectivity index (χ4v) is 5.21. The number of hydrogen-bond donors (Lipinski definition) is 2. The Bertz CT molecular complexity index is 996. The maximum atomic E-state index is 13.0. The van der Waals surface area contributed by atoms with Crippen LogP contribution in [0.25, 0.3) is 0 Å². The Kier molecular flexibility index (Phi) is 6.59. The fourth-order valence-electron chi connectivity index (χ4n) is 3.44. The number of piperidine rings is 1. The molecule has 2 aromatic carbocycles. The predicted molar refractivity (Wildman–Crippen MR) is 117 cm³/mol. The Balaban J connectivity index is 1.67. The smallest absolute Gasteiger partial charge is 0.243 e. The van der Waals surface area contributed by atoms with Crippen LogP contribution in [0.4, 0.5) is 11.4 Å². The van der Waals surface area contributed by atoms with Gasteiger partial charge in [-0.2, -0.15) is 4.31 Å². The summed E-state index contributed by atoms with van der Waals surface area (Å²) in [6.45, 7) is 7.01. The van der Waals surface area contributed by atoms with E-state index in [1.54, 1.807) is 29.4 Å². The highest BCUT2D eigenvalue weighted by molar-refractivity contribution is 7.89. The lowest BCUT2D eigenvalue weighted by Crippen LogP contribution is -2.36. The van der Waals surface area contributed by atoms with Crippen molar-refractivity contribution in [3.05, 3.63) is 53.1 Å². The van der Waals surface area contributed by atoms with Crippen LogP contribution >= 0.6 is 0 Å². The molecular formula is C22H29N3O3S. The number of rotatable bonds is 6. The van der Waals surface area contributed by atoms with Crippen molar-refractivity contribution >= 4 is 27.3 Å². The van der Waals surface area contributed by atoms with Crippen LogP contribution in [-0.2, 0) is 14.8 Å². The van der Waals surface area contributed by atoms with Gasteiger partial charge in [-0.15, -0.1) is 0 Å². The molecule has 3 rings (SSSR count). The van der Waals surface area contributed by atoms with E-state index in [4.69, 9.17) is 0 Å². The van der Waals surface area contributed by atoms with Crippen LogP contribution in [0.1, 0.15) is 36.0 Å². The first kappa shape index (κ1) is 21.3. The van der Waals surface area contributed by atoms with Crippen molar-refractivity contribution in [2.24, 2.45) is 0 Å². The van der Waals surface area contributed by atoms with Gasteiger partial charge in [0.25, 0.3) is 0 Å². The largest absolute Gasteiger partial charge is 0.376 e. The van der Waals surface area contributed by atoms with Gasteiger partial charge in [0.05, 0.1) is 11.4 Å². The standard InChI is InChI=1S/C22H29N3O3S/c1-16-7-10-20(13-18(16)3)24-22(26)15-23-19-9-8-17(2)21(14-19)29(27,28)25-11-5-4-6-12-25/h7-10,13-14,23H,4-6,11-12,15H2,1-3H3,(H,24,26). The lowest BCUT2D eigenvalue weighted by atomic mass is 10.1. The van der Waals surface area contributed by atoms with Crippen LogP contribution < -0.4 is 10.6 Å². The van der Waals surface area contributed by atoms with E-state index < -0.39 is 10.0 Å². The van der Waals surface area contributed by atoms with Gasteiger partial charge in [0, 0.05) is 24.5 Å². The van der Waals surface area contributed by atoms with E-state index in [0.29, 0.717) is 29.2 Å². The Labute approximate surface area is 173 Å². The summed E-state index contributed by atoms with van der Waals surface area (Å²) in [5, 5.41) is 5.90.